The van der Waals surface area contributed by atoms with E-state index in [-0.39, 0.29) is 0 Å². The van der Waals surface area contributed by atoms with Crippen LogP contribution in [0.4, 0.5) is 0 Å². The molecule has 0 fully saturated rings. The number of aliphatic carboxylic acids is 1. The van der Waals surface area contributed by atoms with Crippen molar-refractivity contribution in [2.75, 3.05) is 5.75 Å². The zero-order chi connectivity index (χ0) is 9.97. The Kier molecular flexibility index (Phi) is 2.93. The molecule has 1 aromatic heterocycles. The molecule has 0 spiro atoms. The first-order valence-electron chi connectivity index (χ1n) is 4.36. The monoisotopic (exact) mass is 226 g/mol. The van der Waals surface area contributed by atoms with Crippen LogP contribution < -0.4 is 0 Å². The highest BCUT2D eigenvalue weighted by Crippen LogP contribution is 2.32. The average molecular weight is 226 g/mol. The van der Waals surface area contributed by atoms with Gasteiger partial charge < -0.3 is 5.11 Å². The number of aryl methyl sites for hydroxylation is 1. The van der Waals surface area contributed by atoms with Crippen molar-refractivity contribution < 1.29 is 9.90 Å². The van der Waals surface area contributed by atoms with E-state index >= 15 is 0 Å². The number of hydrogen-bond acceptors (Lipinski definition) is 3. The molecule has 1 aliphatic rings. The van der Waals surface area contributed by atoms with Gasteiger partial charge in [-0.2, -0.15) is 11.8 Å². The molecule has 0 amide bonds. The molecule has 2 nitrogen and oxygen atoms in total. The van der Waals surface area contributed by atoms with Crippen molar-refractivity contribution in [2.45, 2.75) is 12.2 Å². The highest BCUT2D eigenvalue weighted by Gasteiger charge is 2.12. The minimum absolute atomic E-state index is 0.884. The first kappa shape index (κ1) is 9.80. The van der Waals surface area contributed by atoms with Crippen molar-refractivity contribution >= 4 is 35.1 Å². The standard InChI is InChI=1S/C10H10O2S2/c11-10(12)2-1-8-5-7-6-13-4-3-9(7)14-8/h1-2,5H,3-4,6H2,(H,11,12)/b2-1+. The summed E-state index contributed by atoms with van der Waals surface area (Å²) in [6, 6.07) is 2.10. The molecule has 0 saturated carbocycles. The summed E-state index contributed by atoms with van der Waals surface area (Å²) in [5.41, 5.74) is 1.39. The lowest BCUT2D eigenvalue weighted by Gasteiger charge is -2.08. The third kappa shape index (κ3) is 2.19. The molecule has 14 heavy (non-hydrogen) atoms. The second-order valence-corrected chi connectivity index (χ2v) is 5.34. The topological polar surface area (TPSA) is 37.3 Å². The lowest BCUT2D eigenvalue weighted by Crippen LogP contribution is -1.96. The predicted molar refractivity (Wildman–Crippen MR) is 60.9 cm³/mol. The number of carboxylic acids is 1. The molecule has 1 aromatic rings. The summed E-state index contributed by atoms with van der Waals surface area (Å²) in [5, 5.41) is 8.49. The Hall–Kier alpha value is -0.740. The zero-order valence-corrected chi connectivity index (χ0v) is 9.16. The van der Waals surface area contributed by atoms with Crippen LogP contribution in [0.3, 0.4) is 0 Å². The van der Waals surface area contributed by atoms with E-state index in [2.05, 4.69) is 6.07 Å². The van der Waals surface area contributed by atoms with Gasteiger partial charge in [-0.15, -0.1) is 11.3 Å². The molecule has 0 bridgehead atoms. The molecule has 0 radical (unpaired) electrons. The molecule has 0 atom stereocenters. The second-order valence-electron chi connectivity index (χ2n) is 3.07. The molecular weight excluding hydrogens is 216 g/mol. The maximum Gasteiger partial charge on any atom is 0.328 e. The number of thiophene rings is 1. The van der Waals surface area contributed by atoms with Crippen LogP contribution in [0.15, 0.2) is 12.1 Å². The van der Waals surface area contributed by atoms with Crippen LogP contribution in [0.2, 0.25) is 0 Å². The van der Waals surface area contributed by atoms with Crippen LogP contribution in [0.5, 0.6) is 0 Å². The number of thioether (sulfide) groups is 1. The Bertz CT molecular complexity index is 356. The normalized spacial score (nSPS) is 15.7. The van der Waals surface area contributed by atoms with Gasteiger partial charge in [0.1, 0.15) is 0 Å². The maximum absolute atomic E-state index is 10.3. The molecule has 4 heteroatoms. The van der Waals surface area contributed by atoms with Gasteiger partial charge in [-0.05, 0) is 29.9 Å². The summed E-state index contributed by atoms with van der Waals surface area (Å²) >= 11 is 3.66. The van der Waals surface area contributed by atoms with Gasteiger partial charge in [-0.1, -0.05) is 0 Å². The molecule has 1 aliphatic heterocycles. The average Bonchev–Trinajstić information content (AvgIpc) is 2.57. The smallest absolute Gasteiger partial charge is 0.328 e. The number of carbonyl (C=O) groups is 1. The fourth-order valence-electron chi connectivity index (χ4n) is 1.41. The van der Waals surface area contributed by atoms with Gasteiger partial charge in [-0.25, -0.2) is 4.79 Å². The van der Waals surface area contributed by atoms with Crippen LogP contribution in [0, 0.1) is 0 Å². The minimum atomic E-state index is -0.884. The first-order chi connectivity index (χ1) is 6.75. The molecule has 2 rings (SSSR count). The molecule has 0 unspecified atom stereocenters. The van der Waals surface area contributed by atoms with E-state index in [1.807, 2.05) is 11.8 Å². The third-order valence-corrected chi connectivity index (χ3v) is 4.25. The summed E-state index contributed by atoms with van der Waals surface area (Å²) < 4.78 is 0. The van der Waals surface area contributed by atoms with Gasteiger partial charge in [0.2, 0.25) is 0 Å². The number of carboxylic acid groups (broad SMARTS) is 1. The Morgan fingerprint density at radius 2 is 2.43 bits per heavy atom. The third-order valence-electron chi connectivity index (χ3n) is 2.04. The van der Waals surface area contributed by atoms with E-state index in [1.165, 1.54) is 22.3 Å². The van der Waals surface area contributed by atoms with Crippen LogP contribution >= 0.6 is 23.1 Å². The van der Waals surface area contributed by atoms with Gasteiger partial charge in [0.05, 0.1) is 0 Å². The molecule has 1 N–H and O–H groups in total. The quantitative estimate of drug-likeness (QED) is 0.788. The Morgan fingerprint density at radius 3 is 3.14 bits per heavy atom. The van der Waals surface area contributed by atoms with Crippen LogP contribution in [-0.4, -0.2) is 16.8 Å². The van der Waals surface area contributed by atoms with Gasteiger partial charge >= 0.3 is 5.97 Å². The zero-order valence-electron chi connectivity index (χ0n) is 7.53. The van der Waals surface area contributed by atoms with Crippen molar-refractivity contribution in [3.63, 3.8) is 0 Å². The lowest BCUT2D eigenvalue weighted by molar-refractivity contribution is -0.131. The summed E-state index contributed by atoms with van der Waals surface area (Å²) in [6.07, 6.45) is 4.01. The first-order valence-corrected chi connectivity index (χ1v) is 6.33. The number of hydrogen-bond donors (Lipinski definition) is 1. The van der Waals surface area contributed by atoms with Crippen LogP contribution in [0.25, 0.3) is 6.08 Å². The fourth-order valence-corrected chi connectivity index (χ4v) is 3.68. The highest BCUT2D eigenvalue weighted by atomic mass is 32.2. The Morgan fingerprint density at radius 1 is 1.57 bits per heavy atom. The van der Waals surface area contributed by atoms with Gasteiger partial charge in [0.25, 0.3) is 0 Å². The van der Waals surface area contributed by atoms with Crippen LogP contribution in [-0.2, 0) is 17.0 Å². The van der Waals surface area contributed by atoms with E-state index in [4.69, 9.17) is 5.11 Å². The van der Waals surface area contributed by atoms with Gasteiger partial charge in [0, 0.05) is 21.6 Å². The second kappa shape index (κ2) is 4.19. The molecular formula is C10H10O2S2. The van der Waals surface area contributed by atoms with Crippen molar-refractivity contribution in [3.05, 3.63) is 27.5 Å². The summed E-state index contributed by atoms with van der Waals surface area (Å²) in [7, 11) is 0. The highest BCUT2D eigenvalue weighted by molar-refractivity contribution is 7.98. The molecule has 0 saturated heterocycles. The van der Waals surface area contributed by atoms with Crippen LogP contribution in [0.1, 0.15) is 15.3 Å². The van der Waals surface area contributed by atoms with Crippen molar-refractivity contribution in [1.29, 1.82) is 0 Å². The van der Waals surface area contributed by atoms with E-state index in [0.717, 1.165) is 17.1 Å². The Balaban J connectivity index is 2.20. The summed E-state index contributed by atoms with van der Waals surface area (Å²) in [5.74, 6) is 1.38. The lowest BCUT2D eigenvalue weighted by atomic mass is 10.2. The summed E-state index contributed by atoms with van der Waals surface area (Å²) in [6.45, 7) is 0. The van der Waals surface area contributed by atoms with E-state index in [0.29, 0.717) is 0 Å². The number of fused-ring (bicyclic) bond motifs is 1. The van der Waals surface area contributed by atoms with E-state index in [9.17, 15) is 4.79 Å². The fraction of sp³-hybridized carbons (Fsp3) is 0.300. The molecule has 74 valence electrons. The largest absolute Gasteiger partial charge is 0.478 e. The summed E-state index contributed by atoms with van der Waals surface area (Å²) in [4.78, 5) is 12.8. The Labute approximate surface area is 90.6 Å². The molecule has 0 aromatic carbocycles. The van der Waals surface area contributed by atoms with Gasteiger partial charge in [-0.3, -0.25) is 0 Å². The van der Waals surface area contributed by atoms with E-state index < -0.39 is 5.97 Å². The minimum Gasteiger partial charge on any atom is -0.478 e. The van der Waals surface area contributed by atoms with Crippen molar-refractivity contribution in [3.8, 4) is 0 Å². The molecule has 2 heterocycles. The predicted octanol–water partition coefficient (Wildman–Crippen LogP) is 2.64. The van der Waals surface area contributed by atoms with E-state index in [1.54, 1.807) is 17.4 Å². The molecule has 0 aliphatic carbocycles. The maximum atomic E-state index is 10.3. The van der Waals surface area contributed by atoms with Crippen molar-refractivity contribution in [2.24, 2.45) is 0 Å². The van der Waals surface area contributed by atoms with Crippen molar-refractivity contribution in [1.82, 2.24) is 0 Å². The van der Waals surface area contributed by atoms with Gasteiger partial charge in [0.15, 0.2) is 0 Å². The SMILES string of the molecule is O=C(O)/C=C/c1cc2c(s1)CCSC2. The number of rotatable bonds is 2.